The van der Waals surface area contributed by atoms with Crippen molar-refractivity contribution >= 4 is 23.2 Å². The number of para-hydroxylation sites is 1. The van der Waals surface area contributed by atoms with Crippen LogP contribution in [0, 0.1) is 0 Å². The Morgan fingerprint density at radius 1 is 1.11 bits per heavy atom. The molecule has 5 heteroatoms. The lowest BCUT2D eigenvalue weighted by atomic mass is 10.1. The van der Waals surface area contributed by atoms with E-state index in [4.69, 9.17) is 16.3 Å². The van der Waals surface area contributed by atoms with E-state index < -0.39 is 5.60 Å². The number of ether oxygens (including phenoxy) is 1. The van der Waals surface area contributed by atoms with Crippen molar-refractivity contribution in [3.05, 3.63) is 59.1 Å². The first-order chi connectivity index (χ1) is 12.9. The molecule has 27 heavy (non-hydrogen) atoms. The summed E-state index contributed by atoms with van der Waals surface area (Å²) in [5.41, 5.74) is 1.43. The molecular weight excluding hydrogens is 360 g/mol. The lowest BCUT2D eigenvalue weighted by molar-refractivity contribution is -0.144. The van der Waals surface area contributed by atoms with Gasteiger partial charge in [-0.05, 0) is 62.6 Å². The van der Waals surface area contributed by atoms with Crippen LogP contribution in [-0.4, -0.2) is 36.5 Å². The second kappa shape index (κ2) is 8.22. The van der Waals surface area contributed by atoms with Crippen LogP contribution >= 0.6 is 11.6 Å². The van der Waals surface area contributed by atoms with Gasteiger partial charge in [0.15, 0.2) is 5.60 Å². The maximum atomic E-state index is 13.0. The summed E-state index contributed by atoms with van der Waals surface area (Å²) in [4.78, 5) is 17.2. The van der Waals surface area contributed by atoms with Crippen molar-refractivity contribution in [2.24, 2.45) is 0 Å². The molecule has 0 N–H and O–H groups in total. The normalized spacial score (nSPS) is 14.3. The molecule has 0 bridgehead atoms. The van der Waals surface area contributed by atoms with Crippen LogP contribution in [0.3, 0.4) is 0 Å². The standard InChI is InChI=1S/C22H27ClN2O2/c1-22(2,27-19-12-10-18(23)11-13-19)21(26)24(3)16-17-8-4-5-9-20(17)25-14-6-7-15-25/h4-5,8-13H,6-7,14-16H2,1-3H3. The Labute approximate surface area is 166 Å². The van der Waals surface area contributed by atoms with E-state index in [2.05, 4.69) is 23.1 Å². The number of benzene rings is 2. The monoisotopic (exact) mass is 386 g/mol. The van der Waals surface area contributed by atoms with Crippen LogP contribution in [0.15, 0.2) is 48.5 Å². The quantitative estimate of drug-likeness (QED) is 0.717. The van der Waals surface area contributed by atoms with Gasteiger partial charge in [0, 0.05) is 37.4 Å². The van der Waals surface area contributed by atoms with E-state index in [9.17, 15) is 4.79 Å². The van der Waals surface area contributed by atoms with E-state index in [1.165, 1.54) is 18.5 Å². The van der Waals surface area contributed by atoms with E-state index >= 15 is 0 Å². The van der Waals surface area contributed by atoms with Gasteiger partial charge in [0.05, 0.1) is 0 Å². The molecule has 0 unspecified atom stereocenters. The number of halogens is 1. The first kappa shape index (κ1) is 19.6. The summed E-state index contributed by atoms with van der Waals surface area (Å²) in [5, 5.41) is 0.641. The van der Waals surface area contributed by atoms with E-state index in [0.717, 1.165) is 18.7 Å². The molecule has 1 aliphatic rings. The third-order valence-electron chi connectivity index (χ3n) is 4.89. The Morgan fingerprint density at radius 2 is 1.74 bits per heavy atom. The maximum Gasteiger partial charge on any atom is 0.266 e. The van der Waals surface area contributed by atoms with Crippen molar-refractivity contribution < 1.29 is 9.53 Å². The van der Waals surface area contributed by atoms with Crippen LogP contribution in [0.2, 0.25) is 5.02 Å². The molecule has 1 fully saturated rings. The smallest absolute Gasteiger partial charge is 0.266 e. The molecule has 2 aromatic rings. The summed E-state index contributed by atoms with van der Waals surface area (Å²) in [5.74, 6) is 0.567. The molecule has 1 aliphatic heterocycles. The summed E-state index contributed by atoms with van der Waals surface area (Å²) in [6.45, 7) is 6.32. The average Bonchev–Trinajstić information content (AvgIpc) is 3.17. The minimum Gasteiger partial charge on any atom is -0.478 e. The molecule has 0 saturated carbocycles. The summed E-state index contributed by atoms with van der Waals surface area (Å²) in [6.07, 6.45) is 2.45. The molecule has 0 aromatic heterocycles. The van der Waals surface area contributed by atoms with Crippen molar-refractivity contribution in [2.75, 3.05) is 25.0 Å². The number of amides is 1. The molecule has 0 atom stereocenters. The van der Waals surface area contributed by atoms with E-state index in [1.807, 2.05) is 13.1 Å². The van der Waals surface area contributed by atoms with Crippen LogP contribution in [0.4, 0.5) is 5.69 Å². The van der Waals surface area contributed by atoms with Crippen molar-refractivity contribution in [1.29, 1.82) is 0 Å². The van der Waals surface area contributed by atoms with Crippen LogP contribution < -0.4 is 9.64 Å². The van der Waals surface area contributed by atoms with Crippen molar-refractivity contribution in [3.8, 4) is 5.75 Å². The third kappa shape index (κ3) is 4.75. The number of anilines is 1. The number of carbonyl (C=O) groups excluding carboxylic acids is 1. The summed E-state index contributed by atoms with van der Waals surface area (Å²) >= 11 is 5.92. The third-order valence-corrected chi connectivity index (χ3v) is 5.15. The van der Waals surface area contributed by atoms with E-state index in [0.29, 0.717) is 17.3 Å². The fraction of sp³-hybridized carbons (Fsp3) is 0.409. The van der Waals surface area contributed by atoms with Gasteiger partial charge in [-0.15, -0.1) is 0 Å². The maximum absolute atomic E-state index is 13.0. The van der Waals surface area contributed by atoms with Crippen LogP contribution in [0.1, 0.15) is 32.3 Å². The zero-order valence-corrected chi connectivity index (χ0v) is 17.0. The fourth-order valence-corrected chi connectivity index (χ4v) is 3.66. The number of hydrogen-bond acceptors (Lipinski definition) is 3. The number of rotatable bonds is 6. The molecular formula is C22H27ClN2O2. The van der Waals surface area contributed by atoms with Gasteiger partial charge < -0.3 is 14.5 Å². The molecule has 0 aliphatic carbocycles. The van der Waals surface area contributed by atoms with Crippen LogP contribution in [0.5, 0.6) is 5.75 Å². The number of nitrogens with zero attached hydrogens (tertiary/aromatic N) is 2. The van der Waals surface area contributed by atoms with Gasteiger partial charge in [-0.2, -0.15) is 0 Å². The van der Waals surface area contributed by atoms with Crippen molar-refractivity contribution in [3.63, 3.8) is 0 Å². The fourth-order valence-electron chi connectivity index (χ4n) is 3.54. The first-order valence-electron chi connectivity index (χ1n) is 9.40. The highest BCUT2D eigenvalue weighted by molar-refractivity contribution is 6.30. The second-order valence-electron chi connectivity index (χ2n) is 7.55. The molecule has 1 amide bonds. The Bertz CT molecular complexity index is 783. The zero-order chi connectivity index (χ0) is 19.4. The molecule has 1 saturated heterocycles. The second-order valence-corrected chi connectivity index (χ2v) is 7.99. The van der Waals surface area contributed by atoms with Gasteiger partial charge in [-0.1, -0.05) is 29.8 Å². The Hall–Kier alpha value is -2.20. The lowest BCUT2D eigenvalue weighted by Gasteiger charge is -2.31. The van der Waals surface area contributed by atoms with Gasteiger partial charge in [0.25, 0.3) is 5.91 Å². The highest BCUT2D eigenvalue weighted by Gasteiger charge is 2.33. The van der Waals surface area contributed by atoms with Gasteiger partial charge in [0.1, 0.15) is 5.75 Å². The lowest BCUT2D eigenvalue weighted by Crippen LogP contribution is -2.47. The Balaban J connectivity index is 1.70. The van der Waals surface area contributed by atoms with Gasteiger partial charge >= 0.3 is 0 Å². The highest BCUT2D eigenvalue weighted by Crippen LogP contribution is 2.27. The molecule has 2 aromatic carbocycles. The van der Waals surface area contributed by atoms with Crippen molar-refractivity contribution in [1.82, 2.24) is 4.90 Å². The van der Waals surface area contributed by atoms with Gasteiger partial charge in [0.2, 0.25) is 0 Å². The predicted octanol–water partition coefficient (Wildman–Crippen LogP) is 4.76. The zero-order valence-electron chi connectivity index (χ0n) is 16.2. The summed E-state index contributed by atoms with van der Waals surface area (Å²) < 4.78 is 5.95. The predicted molar refractivity (Wildman–Crippen MR) is 111 cm³/mol. The van der Waals surface area contributed by atoms with Crippen molar-refractivity contribution in [2.45, 2.75) is 38.8 Å². The average molecular weight is 387 g/mol. The molecule has 0 spiro atoms. The topological polar surface area (TPSA) is 32.8 Å². The van der Waals surface area contributed by atoms with Gasteiger partial charge in [-0.25, -0.2) is 0 Å². The minimum absolute atomic E-state index is 0.0614. The Morgan fingerprint density at radius 3 is 2.41 bits per heavy atom. The molecule has 144 valence electrons. The van der Waals surface area contributed by atoms with Crippen LogP contribution in [0.25, 0.3) is 0 Å². The molecule has 0 radical (unpaired) electrons. The summed E-state index contributed by atoms with van der Waals surface area (Å²) in [6, 6.07) is 15.4. The number of hydrogen-bond donors (Lipinski definition) is 0. The largest absolute Gasteiger partial charge is 0.478 e. The molecule has 4 nitrogen and oxygen atoms in total. The Kier molecular flexibility index (Phi) is 5.95. The molecule has 3 rings (SSSR count). The van der Waals surface area contributed by atoms with E-state index in [1.54, 1.807) is 43.0 Å². The highest BCUT2D eigenvalue weighted by atomic mass is 35.5. The SMILES string of the molecule is CN(Cc1ccccc1N1CCCC1)C(=O)C(C)(C)Oc1ccc(Cl)cc1. The summed E-state index contributed by atoms with van der Waals surface area (Å²) in [7, 11) is 1.83. The number of carbonyl (C=O) groups is 1. The van der Waals surface area contributed by atoms with Gasteiger partial charge in [-0.3, -0.25) is 4.79 Å². The van der Waals surface area contributed by atoms with E-state index in [-0.39, 0.29) is 5.91 Å². The number of likely N-dealkylation sites (N-methyl/N-ethyl adjacent to an activating group) is 1. The van der Waals surface area contributed by atoms with Crippen LogP contribution in [-0.2, 0) is 11.3 Å². The minimum atomic E-state index is -0.967. The molecule has 1 heterocycles. The first-order valence-corrected chi connectivity index (χ1v) is 9.77.